The van der Waals surface area contributed by atoms with Crippen molar-refractivity contribution >= 4 is 5.97 Å². The number of aryl methyl sites for hydroxylation is 1. The zero-order chi connectivity index (χ0) is 14.4. The van der Waals surface area contributed by atoms with Gasteiger partial charge in [0.25, 0.3) is 0 Å². The maximum atomic E-state index is 11.9. The third-order valence-electron chi connectivity index (χ3n) is 5.39. The second kappa shape index (κ2) is 4.51. The SMILES string of the molecule is COc1cc(C2(C(=O)O)CC3(CCCC3)C2)ccc1C. The molecule has 0 heterocycles. The van der Waals surface area contributed by atoms with Crippen molar-refractivity contribution in [3.05, 3.63) is 29.3 Å². The zero-order valence-corrected chi connectivity index (χ0v) is 12.2. The van der Waals surface area contributed by atoms with Gasteiger partial charge in [0.1, 0.15) is 5.75 Å². The van der Waals surface area contributed by atoms with Crippen LogP contribution < -0.4 is 4.74 Å². The average Bonchev–Trinajstić information content (AvgIpc) is 2.86. The van der Waals surface area contributed by atoms with Gasteiger partial charge < -0.3 is 9.84 Å². The van der Waals surface area contributed by atoms with E-state index < -0.39 is 11.4 Å². The topological polar surface area (TPSA) is 46.5 Å². The molecule has 2 saturated carbocycles. The van der Waals surface area contributed by atoms with E-state index in [4.69, 9.17) is 4.74 Å². The molecule has 1 aromatic rings. The largest absolute Gasteiger partial charge is 0.496 e. The molecule has 1 aromatic carbocycles. The molecule has 3 rings (SSSR count). The predicted molar refractivity (Wildman–Crippen MR) is 77.2 cm³/mol. The van der Waals surface area contributed by atoms with Crippen molar-refractivity contribution in [2.45, 2.75) is 50.9 Å². The summed E-state index contributed by atoms with van der Waals surface area (Å²) in [4.78, 5) is 11.9. The lowest BCUT2D eigenvalue weighted by Gasteiger charge is -2.53. The van der Waals surface area contributed by atoms with E-state index in [-0.39, 0.29) is 0 Å². The van der Waals surface area contributed by atoms with Gasteiger partial charge in [-0.15, -0.1) is 0 Å². The fraction of sp³-hybridized carbons (Fsp3) is 0.588. The summed E-state index contributed by atoms with van der Waals surface area (Å²) >= 11 is 0. The maximum absolute atomic E-state index is 11.9. The van der Waals surface area contributed by atoms with Gasteiger partial charge in [-0.05, 0) is 55.2 Å². The summed E-state index contributed by atoms with van der Waals surface area (Å²) in [6.07, 6.45) is 6.50. The molecule has 0 unspecified atom stereocenters. The molecule has 0 saturated heterocycles. The highest BCUT2D eigenvalue weighted by molar-refractivity contribution is 5.83. The first kappa shape index (κ1) is 13.5. The molecule has 0 aliphatic heterocycles. The van der Waals surface area contributed by atoms with E-state index in [9.17, 15) is 9.90 Å². The quantitative estimate of drug-likeness (QED) is 0.914. The molecule has 0 amide bonds. The minimum absolute atomic E-state index is 0.302. The second-order valence-corrected chi connectivity index (χ2v) is 6.63. The summed E-state index contributed by atoms with van der Waals surface area (Å²) in [5, 5.41) is 9.77. The van der Waals surface area contributed by atoms with Gasteiger partial charge in [-0.2, -0.15) is 0 Å². The number of hydrogen-bond donors (Lipinski definition) is 1. The van der Waals surface area contributed by atoms with Crippen molar-refractivity contribution in [1.82, 2.24) is 0 Å². The molecule has 108 valence electrons. The van der Waals surface area contributed by atoms with Crippen LogP contribution in [-0.4, -0.2) is 18.2 Å². The average molecular weight is 274 g/mol. The van der Waals surface area contributed by atoms with Gasteiger partial charge >= 0.3 is 5.97 Å². The highest BCUT2D eigenvalue weighted by Crippen LogP contribution is 2.63. The molecule has 3 heteroatoms. The van der Waals surface area contributed by atoms with Crippen LogP contribution in [0.25, 0.3) is 0 Å². The summed E-state index contributed by atoms with van der Waals surface area (Å²) in [6, 6.07) is 5.86. The minimum atomic E-state index is -0.689. The number of carboxylic acid groups (broad SMARTS) is 1. The van der Waals surface area contributed by atoms with Crippen molar-refractivity contribution in [3.63, 3.8) is 0 Å². The molecule has 3 nitrogen and oxygen atoms in total. The summed E-state index contributed by atoms with van der Waals surface area (Å²) in [5.74, 6) is 0.108. The number of hydrogen-bond acceptors (Lipinski definition) is 2. The van der Waals surface area contributed by atoms with Gasteiger partial charge in [0.05, 0.1) is 12.5 Å². The van der Waals surface area contributed by atoms with Gasteiger partial charge in [-0.1, -0.05) is 25.0 Å². The fourth-order valence-corrected chi connectivity index (χ4v) is 4.30. The first-order valence-corrected chi connectivity index (χ1v) is 7.40. The highest BCUT2D eigenvalue weighted by Gasteiger charge is 2.60. The highest BCUT2D eigenvalue weighted by atomic mass is 16.5. The molecule has 0 atom stereocenters. The summed E-state index contributed by atoms with van der Waals surface area (Å²) in [5.41, 5.74) is 1.57. The Kier molecular flexibility index (Phi) is 3.03. The first-order valence-electron chi connectivity index (χ1n) is 7.40. The maximum Gasteiger partial charge on any atom is 0.314 e. The van der Waals surface area contributed by atoms with E-state index in [2.05, 4.69) is 0 Å². The minimum Gasteiger partial charge on any atom is -0.496 e. The van der Waals surface area contributed by atoms with Gasteiger partial charge in [-0.3, -0.25) is 4.79 Å². The third-order valence-corrected chi connectivity index (χ3v) is 5.39. The molecule has 0 aromatic heterocycles. The van der Waals surface area contributed by atoms with Crippen LogP contribution in [0.1, 0.15) is 49.7 Å². The molecule has 0 bridgehead atoms. The van der Waals surface area contributed by atoms with Gasteiger partial charge in [0.15, 0.2) is 0 Å². The van der Waals surface area contributed by atoms with Crippen LogP contribution in [0.5, 0.6) is 5.75 Å². The van der Waals surface area contributed by atoms with Gasteiger partial charge in [-0.25, -0.2) is 0 Å². The Hall–Kier alpha value is -1.51. The smallest absolute Gasteiger partial charge is 0.314 e. The monoisotopic (exact) mass is 274 g/mol. The van der Waals surface area contributed by atoms with E-state index >= 15 is 0 Å². The number of benzene rings is 1. The van der Waals surface area contributed by atoms with Crippen molar-refractivity contribution in [2.75, 3.05) is 7.11 Å². The Balaban J connectivity index is 1.95. The van der Waals surface area contributed by atoms with E-state index in [1.807, 2.05) is 25.1 Å². The van der Waals surface area contributed by atoms with Crippen LogP contribution in [0.2, 0.25) is 0 Å². The number of carboxylic acids is 1. The molecule has 1 N–H and O–H groups in total. The summed E-state index contributed by atoms with van der Waals surface area (Å²) < 4.78 is 5.35. The van der Waals surface area contributed by atoms with E-state index in [1.54, 1.807) is 7.11 Å². The van der Waals surface area contributed by atoms with Crippen LogP contribution in [0.4, 0.5) is 0 Å². The fourth-order valence-electron chi connectivity index (χ4n) is 4.30. The lowest BCUT2D eigenvalue weighted by atomic mass is 9.49. The van der Waals surface area contributed by atoms with Crippen molar-refractivity contribution in [3.8, 4) is 5.75 Å². The lowest BCUT2D eigenvalue weighted by Crippen LogP contribution is -2.53. The Morgan fingerprint density at radius 1 is 1.25 bits per heavy atom. The molecule has 1 spiro atoms. The standard InChI is InChI=1S/C17H22O3/c1-12-5-6-13(9-14(12)20-2)17(15(18)19)10-16(11-17)7-3-4-8-16/h5-6,9H,3-4,7-8,10-11H2,1-2H3,(H,18,19). The molecular formula is C17H22O3. The van der Waals surface area contributed by atoms with Crippen LogP contribution >= 0.6 is 0 Å². The second-order valence-electron chi connectivity index (χ2n) is 6.63. The Labute approximate surface area is 120 Å². The lowest BCUT2D eigenvalue weighted by molar-refractivity contribution is -0.154. The molecule has 0 radical (unpaired) electrons. The Morgan fingerprint density at radius 3 is 2.45 bits per heavy atom. The number of rotatable bonds is 3. The summed E-state index contributed by atoms with van der Waals surface area (Å²) in [7, 11) is 1.64. The molecule has 20 heavy (non-hydrogen) atoms. The Morgan fingerprint density at radius 2 is 1.90 bits per heavy atom. The zero-order valence-electron chi connectivity index (χ0n) is 12.2. The van der Waals surface area contributed by atoms with E-state index in [0.717, 1.165) is 29.7 Å². The van der Waals surface area contributed by atoms with Crippen LogP contribution in [-0.2, 0) is 10.2 Å². The predicted octanol–water partition coefficient (Wildman–Crippen LogP) is 3.68. The van der Waals surface area contributed by atoms with E-state index in [1.165, 1.54) is 25.7 Å². The van der Waals surface area contributed by atoms with Gasteiger partial charge in [0, 0.05) is 0 Å². The van der Waals surface area contributed by atoms with E-state index in [0.29, 0.717) is 5.41 Å². The molecule has 2 fully saturated rings. The van der Waals surface area contributed by atoms with Crippen LogP contribution in [0, 0.1) is 12.3 Å². The van der Waals surface area contributed by atoms with Crippen molar-refractivity contribution in [2.24, 2.45) is 5.41 Å². The third kappa shape index (κ3) is 1.83. The Bertz CT molecular complexity index is 533. The molecule has 2 aliphatic carbocycles. The first-order chi connectivity index (χ1) is 9.51. The van der Waals surface area contributed by atoms with Crippen LogP contribution in [0.3, 0.4) is 0 Å². The van der Waals surface area contributed by atoms with Crippen molar-refractivity contribution in [1.29, 1.82) is 0 Å². The number of carbonyl (C=O) groups is 1. The van der Waals surface area contributed by atoms with Gasteiger partial charge in [0.2, 0.25) is 0 Å². The molecular weight excluding hydrogens is 252 g/mol. The number of methoxy groups -OCH3 is 1. The molecule has 2 aliphatic rings. The normalized spacial score (nSPS) is 22.5. The van der Waals surface area contributed by atoms with Crippen LogP contribution in [0.15, 0.2) is 18.2 Å². The number of ether oxygens (including phenoxy) is 1. The van der Waals surface area contributed by atoms with Crippen molar-refractivity contribution < 1.29 is 14.6 Å². The number of aliphatic carboxylic acids is 1. The summed E-state index contributed by atoms with van der Waals surface area (Å²) in [6.45, 7) is 1.98.